The standard InChI is InChI=1S/C27H36ClN3O6/c1-19(2)35-14-13-34-17-20-3-6-23(7-4-20)37-18-22(32)16-29-11-12-36-26-9-5-21(15-24(26)28)25-8-10-27(33)31-30-25/h3-7,9,15,19,22,29,32H,8,10-14,16-18H2,1-2H3,(H,31,33). The van der Waals surface area contributed by atoms with E-state index < -0.39 is 6.10 Å². The molecule has 2 aromatic carbocycles. The maximum atomic E-state index is 11.2. The Morgan fingerprint density at radius 2 is 1.89 bits per heavy atom. The van der Waals surface area contributed by atoms with Crippen LogP contribution in [0.1, 0.15) is 37.8 Å². The number of aliphatic hydroxyl groups excluding tert-OH is 1. The fraction of sp³-hybridized carbons (Fsp3) is 0.481. The molecule has 37 heavy (non-hydrogen) atoms. The van der Waals surface area contributed by atoms with Gasteiger partial charge in [0.2, 0.25) is 5.91 Å². The van der Waals surface area contributed by atoms with E-state index in [0.29, 0.717) is 68.9 Å². The molecule has 0 radical (unpaired) electrons. The maximum Gasteiger partial charge on any atom is 0.240 e. The molecule has 0 bridgehead atoms. The van der Waals surface area contributed by atoms with Gasteiger partial charge in [-0.15, -0.1) is 0 Å². The van der Waals surface area contributed by atoms with Crippen LogP contribution in [-0.2, 0) is 20.9 Å². The Morgan fingerprint density at radius 1 is 1.08 bits per heavy atom. The lowest BCUT2D eigenvalue weighted by atomic mass is 10.0. The van der Waals surface area contributed by atoms with Gasteiger partial charge in [0, 0.05) is 25.9 Å². The van der Waals surface area contributed by atoms with E-state index in [1.165, 1.54) is 0 Å². The average Bonchev–Trinajstić information content (AvgIpc) is 2.89. The van der Waals surface area contributed by atoms with Gasteiger partial charge in [-0.05, 0) is 55.3 Å². The molecule has 0 spiro atoms. The Kier molecular flexibility index (Phi) is 12.1. The van der Waals surface area contributed by atoms with Crippen molar-refractivity contribution in [1.29, 1.82) is 0 Å². The first kappa shape index (κ1) is 28.9. The highest BCUT2D eigenvalue weighted by molar-refractivity contribution is 6.32. The lowest BCUT2D eigenvalue weighted by molar-refractivity contribution is -0.121. The van der Waals surface area contributed by atoms with Gasteiger partial charge in [-0.25, -0.2) is 5.43 Å². The Hall–Kier alpha value is -2.69. The molecule has 1 aliphatic rings. The van der Waals surface area contributed by atoms with Crippen molar-refractivity contribution in [2.75, 3.05) is 39.5 Å². The first-order chi connectivity index (χ1) is 17.9. The third-order valence-electron chi connectivity index (χ3n) is 5.40. The molecule has 1 aliphatic heterocycles. The third kappa shape index (κ3) is 10.7. The van der Waals surface area contributed by atoms with Crippen LogP contribution >= 0.6 is 11.6 Å². The van der Waals surface area contributed by atoms with E-state index in [1.54, 1.807) is 12.1 Å². The van der Waals surface area contributed by atoms with Crippen molar-refractivity contribution in [2.45, 2.75) is 45.5 Å². The summed E-state index contributed by atoms with van der Waals surface area (Å²) in [6, 6.07) is 13.1. The molecule has 3 rings (SSSR count). The molecule has 10 heteroatoms. The summed E-state index contributed by atoms with van der Waals surface area (Å²) in [7, 11) is 0. The van der Waals surface area contributed by atoms with Gasteiger partial charge in [0.05, 0.1) is 36.7 Å². The van der Waals surface area contributed by atoms with Crippen molar-refractivity contribution < 1.29 is 28.8 Å². The van der Waals surface area contributed by atoms with E-state index in [1.807, 2.05) is 44.2 Å². The Bertz CT molecular complexity index is 1020. The molecule has 0 aromatic heterocycles. The van der Waals surface area contributed by atoms with Crippen molar-refractivity contribution in [3.05, 3.63) is 58.6 Å². The van der Waals surface area contributed by atoms with Gasteiger partial charge in [0.1, 0.15) is 30.8 Å². The summed E-state index contributed by atoms with van der Waals surface area (Å²) < 4.78 is 22.4. The third-order valence-corrected chi connectivity index (χ3v) is 5.69. The highest BCUT2D eigenvalue weighted by Gasteiger charge is 2.14. The van der Waals surface area contributed by atoms with Crippen LogP contribution in [0.25, 0.3) is 0 Å². The fourth-order valence-electron chi connectivity index (χ4n) is 3.45. The first-order valence-corrected chi connectivity index (χ1v) is 12.9. The molecule has 0 saturated carbocycles. The maximum absolute atomic E-state index is 11.2. The SMILES string of the molecule is CC(C)OCCOCc1ccc(OCC(O)CNCCOc2ccc(C3=NNC(=O)CC3)cc2Cl)cc1. The second kappa shape index (κ2) is 15.5. The summed E-state index contributed by atoms with van der Waals surface area (Å²) in [4.78, 5) is 11.2. The summed E-state index contributed by atoms with van der Waals surface area (Å²) in [5.74, 6) is 1.17. The number of carbonyl (C=O) groups excluding carboxylic acids is 1. The molecule has 3 N–H and O–H groups in total. The van der Waals surface area contributed by atoms with Gasteiger partial charge in [0.15, 0.2) is 0 Å². The van der Waals surface area contributed by atoms with Crippen LogP contribution in [0.15, 0.2) is 47.6 Å². The molecule has 9 nitrogen and oxygen atoms in total. The predicted molar refractivity (Wildman–Crippen MR) is 142 cm³/mol. The molecule has 1 unspecified atom stereocenters. The topological polar surface area (TPSA) is 111 Å². The number of nitrogens with zero attached hydrogens (tertiary/aromatic N) is 1. The number of carbonyl (C=O) groups is 1. The molecule has 1 atom stereocenters. The number of benzene rings is 2. The number of nitrogens with one attached hydrogen (secondary N) is 2. The number of hydrogen-bond donors (Lipinski definition) is 3. The van der Waals surface area contributed by atoms with Crippen molar-refractivity contribution in [3.8, 4) is 11.5 Å². The molecule has 1 amide bonds. The summed E-state index contributed by atoms with van der Waals surface area (Å²) >= 11 is 6.34. The molecular weight excluding hydrogens is 498 g/mol. The zero-order valence-electron chi connectivity index (χ0n) is 21.4. The molecule has 202 valence electrons. The number of amides is 1. The Morgan fingerprint density at radius 3 is 2.59 bits per heavy atom. The van der Waals surface area contributed by atoms with Crippen LogP contribution in [0.4, 0.5) is 0 Å². The molecule has 2 aromatic rings. The second-order valence-electron chi connectivity index (χ2n) is 8.87. The predicted octanol–water partition coefficient (Wildman–Crippen LogP) is 3.30. The second-order valence-corrected chi connectivity index (χ2v) is 9.28. The number of halogens is 1. The summed E-state index contributed by atoms with van der Waals surface area (Å²) in [6.45, 7) is 7.10. The van der Waals surface area contributed by atoms with Crippen LogP contribution in [0.2, 0.25) is 5.02 Å². The van der Waals surface area contributed by atoms with Gasteiger partial charge in [0.25, 0.3) is 0 Å². The van der Waals surface area contributed by atoms with Crippen LogP contribution in [0, 0.1) is 0 Å². The van der Waals surface area contributed by atoms with E-state index >= 15 is 0 Å². The van der Waals surface area contributed by atoms with Gasteiger partial charge in [-0.3, -0.25) is 4.79 Å². The zero-order valence-corrected chi connectivity index (χ0v) is 22.1. The van der Waals surface area contributed by atoms with Crippen LogP contribution in [0.3, 0.4) is 0 Å². The van der Waals surface area contributed by atoms with Gasteiger partial charge in [-0.1, -0.05) is 23.7 Å². The summed E-state index contributed by atoms with van der Waals surface area (Å²) in [5, 5.41) is 17.9. The lowest BCUT2D eigenvalue weighted by Gasteiger charge is -2.15. The Labute approximate surface area is 223 Å². The van der Waals surface area contributed by atoms with Crippen molar-refractivity contribution >= 4 is 23.2 Å². The monoisotopic (exact) mass is 533 g/mol. The largest absolute Gasteiger partial charge is 0.491 e. The van der Waals surface area contributed by atoms with Gasteiger partial charge in [-0.2, -0.15) is 5.10 Å². The van der Waals surface area contributed by atoms with E-state index in [2.05, 4.69) is 15.8 Å². The van der Waals surface area contributed by atoms with E-state index in [4.69, 9.17) is 30.5 Å². The Balaban J connectivity index is 1.27. The number of hydrogen-bond acceptors (Lipinski definition) is 8. The zero-order chi connectivity index (χ0) is 26.5. The van der Waals surface area contributed by atoms with E-state index in [9.17, 15) is 9.90 Å². The quantitative estimate of drug-likeness (QED) is 0.284. The molecule has 0 saturated heterocycles. The fourth-order valence-corrected chi connectivity index (χ4v) is 3.68. The highest BCUT2D eigenvalue weighted by atomic mass is 35.5. The summed E-state index contributed by atoms with van der Waals surface area (Å²) in [6.07, 6.45) is 0.531. The number of hydrazone groups is 1. The molecule has 0 aliphatic carbocycles. The molecule has 1 heterocycles. The first-order valence-electron chi connectivity index (χ1n) is 12.5. The van der Waals surface area contributed by atoms with Crippen molar-refractivity contribution in [2.24, 2.45) is 5.10 Å². The van der Waals surface area contributed by atoms with E-state index in [0.717, 1.165) is 16.8 Å². The average molecular weight is 534 g/mol. The number of rotatable bonds is 16. The van der Waals surface area contributed by atoms with Crippen LogP contribution in [0.5, 0.6) is 11.5 Å². The number of aliphatic hydroxyl groups is 1. The molecular formula is C27H36ClN3O6. The minimum absolute atomic E-state index is 0.0849. The lowest BCUT2D eigenvalue weighted by Crippen LogP contribution is -2.33. The minimum atomic E-state index is -0.663. The van der Waals surface area contributed by atoms with Crippen molar-refractivity contribution in [3.63, 3.8) is 0 Å². The molecule has 0 fully saturated rings. The normalized spacial score (nSPS) is 14.3. The smallest absolute Gasteiger partial charge is 0.240 e. The van der Waals surface area contributed by atoms with E-state index in [-0.39, 0.29) is 18.6 Å². The van der Waals surface area contributed by atoms with Gasteiger partial charge < -0.3 is 29.4 Å². The highest BCUT2D eigenvalue weighted by Crippen LogP contribution is 2.26. The minimum Gasteiger partial charge on any atom is -0.491 e. The van der Waals surface area contributed by atoms with Crippen LogP contribution in [-0.4, -0.2) is 68.5 Å². The summed E-state index contributed by atoms with van der Waals surface area (Å²) in [5.41, 5.74) is 5.18. The number of ether oxygens (including phenoxy) is 4. The van der Waals surface area contributed by atoms with Crippen LogP contribution < -0.4 is 20.2 Å². The van der Waals surface area contributed by atoms with Gasteiger partial charge >= 0.3 is 0 Å². The van der Waals surface area contributed by atoms with Crippen molar-refractivity contribution in [1.82, 2.24) is 10.7 Å².